The van der Waals surface area contributed by atoms with Crippen LogP contribution in [0.2, 0.25) is 0 Å². The molecule has 0 aromatic heterocycles. The Bertz CT molecular complexity index is 857. The van der Waals surface area contributed by atoms with E-state index in [9.17, 15) is 5.11 Å². The molecule has 0 aromatic rings. The van der Waals surface area contributed by atoms with Gasteiger partial charge < -0.3 is 15.2 Å². The van der Waals surface area contributed by atoms with E-state index in [1.807, 2.05) is 0 Å². The largest absolute Gasteiger partial charge is 0.391 e. The number of hydrogen-bond acceptors (Lipinski definition) is 5. The second-order valence-electron chi connectivity index (χ2n) is 15.1. The van der Waals surface area contributed by atoms with Gasteiger partial charge in [-0.25, -0.2) is 3.11 Å². The quantitative estimate of drug-likeness (QED) is 0.0117. The molecule has 5 unspecified atom stereocenters. The van der Waals surface area contributed by atoms with Gasteiger partial charge in [0, 0.05) is 57.5 Å². The molecule has 1 aliphatic rings. The average molecular weight is 943 g/mol. The minimum atomic E-state index is -1.04. The van der Waals surface area contributed by atoms with Crippen LogP contribution in [0.3, 0.4) is 0 Å². The van der Waals surface area contributed by atoms with Gasteiger partial charge in [-0.05, 0) is 89.8 Å². The van der Waals surface area contributed by atoms with Gasteiger partial charge in [0.2, 0.25) is 0 Å². The molecule has 1 rings (SSSR count). The van der Waals surface area contributed by atoms with Crippen LogP contribution in [0.1, 0.15) is 188 Å². The minimum absolute atomic E-state index is 0.0171. The number of thiol groups is 1. The molecule has 0 aromatic carbocycles. The standard InChI is InChI=1S/C43H80I2N2O2S/c1-5-7-9-11-12-13-14-15-16-17-18-19-20-22-25-29-33-43(48,49-42-38(3)39(47(4)45)37-40(50)41(42)44)34-30-26-23-21-24-28-32-36-46-35-31-27-10-8-6-2/h12-13,15-16,31,35,38-42,46,48,50H,5-11,14,17-30,32-34,36-37H2,1-4H3/b13-12-,16-15-,35-31-/t38-,39?,40?,41?,42?,43?/m1/s1. The summed E-state index contributed by atoms with van der Waals surface area (Å²) in [6.45, 7) is 7.92. The normalized spacial score (nSPS) is 22.8. The highest BCUT2D eigenvalue weighted by atomic mass is 127. The first kappa shape index (κ1) is 48.7. The molecular formula is C43H80I2N2O2S. The fourth-order valence-corrected chi connectivity index (χ4v) is 9.34. The predicted molar refractivity (Wildman–Crippen MR) is 242 cm³/mol. The Morgan fingerprint density at radius 3 is 1.76 bits per heavy atom. The van der Waals surface area contributed by atoms with E-state index in [4.69, 9.17) is 17.4 Å². The molecule has 0 amide bonds. The van der Waals surface area contributed by atoms with Crippen LogP contribution >= 0.6 is 58.1 Å². The lowest BCUT2D eigenvalue weighted by Gasteiger charge is -2.47. The predicted octanol–water partition coefficient (Wildman–Crippen LogP) is 13.9. The van der Waals surface area contributed by atoms with Crippen molar-refractivity contribution in [3.63, 3.8) is 0 Å². The highest BCUT2D eigenvalue weighted by Crippen LogP contribution is 2.41. The van der Waals surface area contributed by atoms with Crippen LogP contribution in [0.15, 0.2) is 36.6 Å². The SMILES string of the molecule is CCCCC/C=C\C/C=C\CCCCCCCCC(O)(CCCCCCCCCN/C=C\CCCCC)OC1C(I)C(S)CC(N(C)I)[C@H]1C. The third-order valence-electron chi connectivity index (χ3n) is 10.5. The third kappa shape index (κ3) is 24.9. The average Bonchev–Trinajstić information content (AvgIpc) is 3.09. The molecule has 0 spiro atoms. The van der Waals surface area contributed by atoms with Crippen molar-refractivity contribution in [1.82, 2.24) is 8.43 Å². The van der Waals surface area contributed by atoms with Gasteiger partial charge in [-0.2, -0.15) is 12.6 Å². The van der Waals surface area contributed by atoms with E-state index < -0.39 is 5.79 Å². The number of allylic oxidation sites excluding steroid dienone is 5. The Hall–Kier alpha value is 0.710. The monoisotopic (exact) mass is 942 g/mol. The molecule has 50 heavy (non-hydrogen) atoms. The fourth-order valence-electron chi connectivity index (χ4n) is 7.12. The Labute approximate surface area is 344 Å². The number of nitrogens with zero attached hydrogens (tertiary/aromatic N) is 1. The number of aliphatic hydroxyl groups is 1. The maximum atomic E-state index is 12.0. The summed E-state index contributed by atoms with van der Waals surface area (Å²) >= 11 is 9.94. The van der Waals surface area contributed by atoms with Gasteiger partial charge in [-0.1, -0.05) is 157 Å². The zero-order valence-electron chi connectivity index (χ0n) is 32.9. The second kappa shape index (κ2) is 33.1. The summed E-state index contributed by atoms with van der Waals surface area (Å²) in [5, 5.41) is 15.8. The summed E-state index contributed by atoms with van der Waals surface area (Å²) in [7, 11) is 2.16. The van der Waals surface area contributed by atoms with Crippen molar-refractivity contribution in [2.45, 2.75) is 215 Å². The Morgan fingerprint density at radius 2 is 1.22 bits per heavy atom. The number of alkyl halides is 1. The van der Waals surface area contributed by atoms with Gasteiger partial charge in [-0.15, -0.1) is 0 Å². The van der Waals surface area contributed by atoms with Crippen LogP contribution in [0.4, 0.5) is 0 Å². The van der Waals surface area contributed by atoms with E-state index in [0.29, 0.717) is 15.9 Å². The first-order valence-electron chi connectivity index (χ1n) is 21.0. The highest BCUT2D eigenvalue weighted by Gasteiger charge is 2.45. The maximum Gasteiger partial charge on any atom is 0.165 e. The molecule has 1 fully saturated rings. The van der Waals surface area contributed by atoms with Crippen molar-refractivity contribution in [2.75, 3.05) is 13.6 Å². The molecule has 0 radical (unpaired) electrons. The van der Waals surface area contributed by atoms with Gasteiger partial charge in [-0.3, -0.25) is 0 Å². The van der Waals surface area contributed by atoms with Crippen molar-refractivity contribution in [1.29, 1.82) is 0 Å². The van der Waals surface area contributed by atoms with E-state index in [0.717, 1.165) is 45.1 Å². The Balaban J connectivity index is 2.41. The van der Waals surface area contributed by atoms with E-state index >= 15 is 0 Å². The van der Waals surface area contributed by atoms with Crippen LogP contribution in [-0.4, -0.2) is 48.9 Å². The third-order valence-corrected chi connectivity index (χ3v) is 13.9. The zero-order chi connectivity index (χ0) is 36.7. The molecular weight excluding hydrogens is 862 g/mol. The van der Waals surface area contributed by atoms with Crippen molar-refractivity contribution in [3.8, 4) is 0 Å². The van der Waals surface area contributed by atoms with Crippen LogP contribution < -0.4 is 5.32 Å². The van der Waals surface area contributed by atoms with E-state index in [-0.39, 0.29) is 11.4 Å². The van der Waals surface area contributed by atoms with E-state index in [1.54, 1.807) is 0 Å². The Kier molecular flexibility index (Phi) is 32.2. The van der Waals surface area contributed by atoms with Gasteiger partial charge in [0.15, 0.2) is 5.79 Å². The zero-order valence-corrected chi connectivity index (χ0v) is 38.2. The fraction of sp³-hybridized carbons (Fsp3) is 0.860. The molecule has 294 valence electrons. The van der Waals surface area contributed by atoms with Crippen molar-refractivity contribution in [2.24, 2.45) is 5.92 Å². The summed E-state index contributed by atoms with van der Waals surface area (Å²) in [6.07, 6.45) is 44.9. The number of unbranched alkanes of at least 4 members (excludes halogenated alkanes) is 18. The molecule has 2 N–H and O–H groups in total. The number of nitrogens with one attached hydrogen (secondary N) is 1. The van der Waals surface area contributed by atoms with Crippen LogP contribution in [0.25, 0.3) is 0 Å². The molecule has 0 heterocycles. The van der Waals surface area contributed by atoms with Crippen molar-refractivity contribution < 1.29 is 9.84 Å². The smallest absolute Gasteiger partial charge is 0.165 e. The highest BCUT2D eigenvalue weighted by molar-refractivity contribution is 14.1. The lowest BCUT2D eigenvalue weighted by Crippen LogP contribution is -2.55. The van der Waals surface area contributed by atoms with Crippen LogP contribution in [0.5, 0.6) is 0 Å². The van der Waals surface area contributed by atoms with Gasteiger partial charge >= 0.3 is 0 Å². The summed E-state index contributed by atoms with van der Waals surface area (Å²) in [6, 6.07) is 0.414. The summed E-state index contributed by atoms with van der Waals surface area (Å²) < 4.78 is 9.44. The van der Waals surface area contributed by atoms with Crippen LogP contribution in [0, 0.1) is 5.92 Å². The summed E-state index contributed by atoms with van der Waals surface area (Å²) in [5.74, 6) is -0.678. The topological polar surface area (TPSA) is 44.7 Å². The molecule has 4 nitrogen and oxygen atoms in total. The van der Waals surface area contributed by atoms with E-state index in [2.05, 4.69) is 118 Å². The number of halogens is 2. The first-order chi connectivity index (χ1) is 24.3. The Morgan fingerprint density at radius 1 is 0.740 bits per heavy atom. The van der Waals surface area contributed by atoms with E-state index in [1.165, 1.54) is 128 Å². The number of rotatable bonds is 33. The maximum absolute atomic E-state index is 12.0. The van der Waals surface area contributed by atoms with Crippen molar-refractivity contribution in [3.05, 3.63) is 36.6 Å². The lowest BCUT2D eigenvalue weighted by atomic mass is 9.82. The molecule has 6 atom stereocenters. The molecule has 1 saturated carbocycles. The first-order valence-corrected chi connectivity index (χ1v) is 23.8. The van der Waals surface area contributed by atoms with Crippen LogP contribution in [-0.2, 0) is 4.74 Å². The minimum Gasteiger partial charge on any atom is -0.391 e. The number of hydrogen-bond donors (Lipinski definition) is 3. The molecule has 0 bridgehead atoms. The molecule has 7 heteroatoms. The number of ether oxygens (including phenoxy) is 1. The molecule has 0 saturated heterocycles. The molecule has 1 aliphatic carbocycles. The van der Waals surface area contributed by atoms with Crippen molar-refractivity contribution >= 4 is 58.1 Å². The lowest BCUT2D eigenvalue weighted by molar-refractivity contribution is -0.251. The van der Waals surface area contributed by atoms with Gasteiger partial charge in [0.1, 0.15) is 0 Å². The van der Waals surface area contributed by atoms with Gasteiger partial charge in [0.05, 0.1) is 6.10 Å². The molecule has 0 aliphatic heterocycles. The second-order valence-corrected chi connectivity index (χ2v) is 18.8. The van der Waals surface area contributed by atoms with Gasteiger partial charge in [0.25, 0.3) is 0 Å². The summed E-state index contributed by atoms with van der Waals surface area (Å²) in [5.41, 5.74) is 0. The summed E-state index contributed by atoms with van der Waals surface area (Å²) in [4.78, 5) is 0.